The quantitative estimate of drug-likeness (QED) is 0.667. The van der Waals surface area contributed by atoms with Crippen LogP contribution in [0.25, 0.3) is 0 Å². The summed E-state index contributed by atoms with van der Waals surface area (Å²) >= 11 is 0. The van der Waals surface area contributed by atoms with E-state index < -0.39 is 28.5 Å². The van der Waals surface area contributed by atoms with E-state index in [0.29, 0.717) is 0 Å². The number of hydrogen-bond donors (Lipinski definition) is 0. The van der Waals surface area contributed by atoms with E-state index in [2.05, 4.69) is 0 Å². The van der Waals surface area contributed by atoms with E-state index in [1.54, 1.807) is 0 Å². The number of carbonyl (C=O) groups is 4. The van der Waals surface area contributed by atoms with Gasteiger partial charge in [-0.25, -0.2) is 0 Å². The van der Waals surface area contributed by atoms with E-state index in [1.807, 2.05) is 0 Å². The largest absolute Gasteiger partial charge is 3.00 e. The third-order valence-corrected chi connectivity index (χ3v) is 2.11. The van der Waals surface area contributed by atoms with E-state index in [1.165, 1.54) is 0 Å². The van der Waals surface area contributed by atoms with Crippen molar-refractivity contribution in [1.82, 2.24) is 0 Å². The van der Waals surface area contributed by atoms with E-state index in [-0.39, 0.29) is 16.8 Å². The van der Waals surface area contributed by atoms with E-state index in [0.717, 1.165) is 27.7 Å². The Morgan fingerprint density at radius 1 is 0.643 bits per heavy atom. The molecule has 0 bridgehead atoms. The van der Waals surface area contributed by atoms with Gasteiger partial charge in [0.15, 0.2) is 23.1 Å². The Morgan fingerprint density at radius 3 is 0.786 bits per heavy atom. The summed E-state index contributed by atoms with van der Waals surface area (Å²) in [5.41, 5.74) is -2.06. The molecule has 0 aliphatic rings. The third kappa shape index (κ3) is 2.16. The van der Waals surface area contributed by atoms with Crippen molar-refractivity contribution in [1.29, 1.82) is 0 Å². The average Bonchev–Trinajstić information content (AvgIpc) is 1.82. The van der Waals surface area contributed by atoms with Gasteiger partial charge in [-0.2, -0.15) is 0 Å². The van der Waals surface area contributed by atoms with Crippen molar-refractivity contribution in [3.63, 3.8) is 0 Å². The molecule has 0 unspecified atom stereocenters. The number of ketones is 4. The van der Waals surface area contributed by atoms with Crippen LogP contribution in [0.2, 0.25) is 0 Å². The maximum atomic E-state index is 11.1. The van der Waals surface area contributed by atoms with Crippen LogP contribution in [0.15, 0.2) is 0 Å². The zero-order valence-electron chi connectivity index (χ0n) is 8.47. The van der Waals surface area contributed by atoms with Crippen molar-refractivity contribution < 1.29 is 36.0 Å². The fraction of sp³-hybridized carbons (Fsp3) is 0.556. The topological polar surface area (TPSA) is 68.3 Å². The van der Waals surface area contributed by atoms with Crippen LogP contribution in [-0.2, 0) is 36.0 Å². The predicted molar refractivity (Wildman–Crippen MR) is 45.2 cm³/mol. The molecule has 0 aromatic carbocycles. The fourth-order valence-corrected chi connectivity index (χ4v) is 1.49. The van der Waals surface area contributed by atoms with Gasteiger partial charge >= 0.3 is 16.8 Å². The average molecular weight is 243 g/mol. The Hall–Kier alpha value is -0.814. The molecule has 4 nitrogen and oxygen atoms in total. The summed E-state index contributed by atoms with van der Waals surface area (Å²) in [6.07, 6.45) is 0. The first-order valence-corrected chi connectivity index (χ1v) is 3.82. The molecule has 0 aromatic heterocycles. The molecular weight excluding hydrogens is 231 g/mol. The van der Waals surface area contributed by atoms with Gasteiger partial charge in [-0.1, -0.05) is 0 Å². The minimum atomic E-state index is -2.06. The Morgan fingerprint density at radius 2 is 0.786 bits per heavy atom. The van der Waals surface area contributed by atoms with Crippen LogP contribution < -0.4 is 0 Å². The van der Waals surface area contributed by atoms with Gasteiger partial charge in [0.2, 0.25) is 5.41 Å². The van der Waals surface area contributed by atoms with Crippen LogP contribution in [0.1, 0.15) is 27.7 Å². The van der Waals surface area contributed by atoms with Crippen molar-refractivity contribution >= 4 is 23.1 Å². The normalized spacial score (nSPS) is 10.0. The van der Waals surface area contributed by atoms with Gasteiger partial charge in [-0.15, -0.1) is 0 Å². The first-order valence-electron chi connectivity index (χ1n) is 3.82. The summed E-state index contributed by atoms with van der Waals surface area (Å²) in [6.45, 7) is 4.29. The molecule has 0 rings (SSSR count). The van der Waals surface area contributed by atoms with Gasteiger partial charge in [-0.05, 0) is 27.7 Å². The molecule has 0 atom stereocenters. The molecule has 0 saturated heterocycles. The van der Waals surface area contributed by atoms with E-state index >= 15 is 0 Å². The molecule has 0 radical (unpaired) electrons. The van der Waals surface area contributed by atoms with Crippen LogP contribution in [0, 0.1) is 5.41 Å². The van der Waals surface area contributed by atoms with Gasteiger partial charge in [0.05, 0.1) is 0 Å². The minimum absolute atomic E-state index is 0. The summed E-state index contributed by atoms with van der Waals surface area (Å²) in [5.74, 6) is -2.83. The number of carbonyl (C=O) groups excluding carboxylic acids is 4. The zero-order valence-corrected chi connectivity index (χ0v) is 9.51. The number of hydrogen-bond acceptors (Lipinski definition) is 4. The predicted octanol–water partition coefficient (Wildman–Crippen LogP) is 0.326. The summed E-state index contributed by atoms with van der Waals surface area (Å²) in [4.78, 5) is 44.5. The van der Waals surface area contributed by atoms with Gasteiger partial charge in [0, 0.05) is 0 Å². The summed E-state index contributed by atoms with van der Waals surface area (Å²) in [5, 5.41) is 0. The monoisotopic (exact) mass is 243 g/mol. The Labute approximate surface area is 92.6 Å². The molecule has 78 valence electrons. The minimum Gasteiger partial charge on any atom is -0.298 e. The Bertz CT molecular complexity index is 232. The van der Waals surface area contributed by atoms with Crippen LogP contribution in [0.3, 0.4) is 0 Å². The van der Waals surface area contributed by atoms with Crippen LogP contribution in [0.4, 0.5) is 0 Å². The van der Waals surface area contributed by atoms with Crippen molar-refractivity contribution in [2.24, 2.45) is 5.41 Å². The molecule has 0 aromatic rings. The fourth-order valence-electron chi connectivity index (χ4n) is 1.49. The van der Waals surface area contributed by atoms with Gasteiger partial charge in [-0.3, -0.25) is 19.2 Å². The molecule has 0 fully saturated rings. The molecule has 0 saturated carbocycles. The first kappa shape index (κ1) is 15.6. The number of rotatable bonds is 4. The molecule has 14 heavy (non-hydrogen) atoms. The molecule has 0 aliphatic carbocycles. The standard InChI is InChI=1S/C9H12O4.Co/c1-5(10)9(6(2)11,7(3)12)8(4)13;/h1-4H3;/q;+3. The Balaban J connectivity index is 0. The third-order valence-electron chi connectivity index (χ3n) is 2.11. The zero-order chi connectivity index (χ0) is 10.8. The van der Waals surface area contributed by atoms with Crippen molar-refractivity contribution in [2.75, 3.05) is 0 Å². The van der Waals surface area contributed by atoms with Crippen molar-refractivity contribution in [2.45, 2.75) is 27.7 Å². The maximum Gasteiger partial charge on any atom is 3.00 e. The van der Waals surface area contributed by atoms with Crippen LogP contribution in [-0.4, -0.2) is 23.1 Å². The number of Topliss-reactive ketones (excluding diaryl/α,β-unsaturated/α-hetero) is 4. The summed E-state index contributed by atoms with van der Waals surface area (Å²) in [6, 6.07) is 0. The smallest absolute Gasteiger partial charge is 0.298 e. The second-order valence-corrected chi connectivity index (χ2v) is 2.97. The second kappa shape index (κ2) is 5.16. The van der Waals surface area contributed by atoms with E-state index in [9.17, 15) is 19.2 Å². The van der Waals surface area contributed by atoms with Gasteiger partial charge < -0.3 is 0 Å². The van der Waals surface area contributed by atoms with Crippen molar-refractivity contribution in [3.05, 3.63) is 0 Å². The first-order chi connectivity index (χ1) is 5.77. The molecule has 0 aliphatic heterocycles. The molecule has 0 heterocycles. The molecule has 0 amide bonds. The van der Waals surface area contributed by atoms with Gasteiger partial charge in [0.25, 0.3) is 0 Å². The molecule has 5 heteroatoms. The maximum absolute atomic E-state index is 11.1. The van der Waals surface area contributed by atoms with Crippen molar-refractivity contribution in [3.8, 4) is 0 Å². The van der Waals surface area contributed by atoms with E-state index in [4.69, 9.17) is 0 Å². The van der Waals surface area contributed by atoms with Crippen LogP contribution in [0.5, 0.6) is 0 Å². The van der Waals surface area contributed by atoms with Crippen LogP contribution >= 0.6 is 0 Å². The van der Waals surface area contributed by atoms with Gasteiger partial charge in [0.1, 0.15) is 0 Å². The molecular formula is C9H12CoO4+3. The molecule has 0 spiro atoms. The second-order valence-electron chi connectivity index (χ2n) is 2.97. The molecule has 0 N–H and O–H groups in total. The SMILES string of the molecule is CC(=O)C(C(C)=O)(C(C)=O)C(C)=O.[Co+3]. The summed E-state index contributed by atoms with van der Waals surface area (Å²) in [7, 11) is 0. The summed E-state index contributed by atoms with van der Waals surface area (Å²) < 4.78 is 0. The Kier molecular flexibility index (Phi) is 5.77.